The van der Waals surface area contributed by atoms with Gasteiger partial charge < -0.3 is 5.32 Å². The Morgan fingerprint density at radius 2 is 2.11 bits per heavy atom. The van der Waals surface area contributed by atoms with Crippen molar-refractivity contribution in [2.75, 3.05) is 7.05 Å². The van der Waals surface area contributed by atoms with Crippen LogP contribution in [-0.2, 0) is 13.5 Å². The Labute approximate surface area is 119 Å². The smallest absolute Gasteiger partial charge is 0.0628 e. The molecule has 0 aliphatic rings. The fourth-order valence-electron chi connectivity index (χ4n) is 2.68. The number of nitrogens with zero attached hydrogens (tertiary/aromatic N) is 2. The predicted molar refractivity (Wildman–Crippen MR) is 81.9 cm³/mol. The third-order valence-electron chi connectivity index (χ3n) is 3.96. The number of hydrogen-bond donors (Lipinski definition) is 1. The van der Waals surface area contributed by atoms with Crippen LogP contribution in [-0.4, -0.2) is 16.8 Å². The SMILES string of the molecule is CNC(CCc1c(C)nn(C)c1C)c1ccsc1C. The highest BCUT2D eigenvalue weighted by atomic mass is 32.1. The molecule has 0 amide bonds. The van der Waals surface area contributed by atoms with Crippen LogP contribution in [0.3, 0.4) is 0 Å². The van der Waals surface area contributed by atoms with Gasteiger partial charge in [0.15, 0.2) is 0 Å². The van der Waals surface area contributed by atoms with Gasteiger partial charge in [-0.3, -0.25) is 4.68 Å². The first-order valence-electron chi connectivity index (χ1n) is 6.75. The van der Waals surface area contributed by atoms with E-state index in [2.05, 4.69) is 42.6 Å². The number of thiophene rings is 1. The molecule has 0 saturated heterocycles. The quantitative estimate of drug-likeness (QED) is 0.909. The number of aryl methyl sites for hydroxylation is 3. The summed E-state index contributed by atoms with van der Waals surface area (Å²) in [6, 6.07) is 2.68. The lowest BCUT2D eigenvalue weighted by atomic mass is 9.99. The summed E-state index contributed by atoms with van der Waals surface area (Å²) in [5.74, 6) is 0. The van der Waals surface area contributed by atoms with Crippen LogP contribution in [0.4, 0.5) is 0 Å². The van der Waals surface area contributed by atoms with Crippen LogP contribution in [0.1, 0.15) is 39.9 Å². The lowest BCUT2D eigenvalue weighted by Gasteiger charge is -2.16. The fourth-order valence-corrected chi connectivity index (χ4v) is 3.44. The highest BCUT2D eigenvalue weighted by Crippen LogP contribution is 2.27. The summed E-state index contributed by atoms with van der Waals surface area (Å²) in [5.41, 5.74) is 5.29. The van der Waals surface area contributed by atoms with Crippen LogP contribution in [0.15, 0.2) is 11.4 Å². The van der Waals surface area contributed by atoms with E-state index in [1.54, 1.807) is 0 Å². The van der Waals surface area contributed by atoms with Crippen LogP contribution < -0.4 is 5.32 Å². The molecule has 0 fully saturated rings. The van der Waals surface area contributed by atoms with Crippen molar-refractivity contribution in [3.63, 3.8) is 0 Å². The lowest BCUT2D eigenvalue weighted by Crippen LogP contribution is -2.17. The van der Waals surface area contributed by atoms with Gasteiger partial charge in [0, 0.05) is 23.7 Å². The lowest BCUT2D eigenvalue weighted by molar-refractivity contribution is 0.547. The molecule has 2 rings (SSSR count). The zero-order chi connectivity index (χ0) is 14.0. The second-order valence-electron chi connectivity index (χ2n) is 5.09. The zero-order valence-electron chi connectivity index (χ0n) is 12.4. The van der Waals surface area contributed by atoms with E-state index in [9.17, 15) is 0 Å². The third-order valence-corrected chi connectivity index (χ3v) is 4.83. The number of aromatic nitrogens is 2. The van der Waals surface area contributed by atoms with Gasteiger partial charge in [-0.1, -0.05) is 0 Å². The molecule has 0 spiro atoms. The minimum atomic E-state index is 0.435. The van der Waals surface area contributed by atoms with E-state index in [0.29, 0.717) is 6.04 Å². The second-order valence-corrected chi connectivity index (χ2v) is 6.21. The summed E-state index contributed by atoms with van der Waals surface area (Å²) in [5, 5.41) is 10.1. The molecule has 0 saturated carbocycles. The molecule has 104 valence electrons. The van der Waals surface area contributed by atoms with Crippen molar-refractivity contribution >= 4 is 11.3 Å². The largest absolute Gasteiger partial charge is 0.313 e. The Kier molecular flexibility index (Phi) is 4.42. The molecule has 4 heteroatoms. The minimum Gasteiger partial charge on any atom is -0.313 e. The summed E-state index contributed by atoms with van der Waals surface area (Å²) in [7, 11) is 4.06. The Bertz CT molecular complexity index is 554. The highest BCUT2D eigenvalue weighted by Gasteiger charge is 2.15. The summed E-state index contributed by atoms with van der Waals surface area (Å²) in [4.78, 5) is 1.42. The molecular formula is C15H23N3S. The predicted octanol–water partition coefficient (Wildman–Crippen LogP) is 3.30. The van der Waals surface area contributed by atoms with Gasteiger partial charge in [0.2, 0.25) is 0 Å². The maximum Gasteiger partial charge on any atom is 0.0628 e. The van der Waals surface area contributed by atoms with Crippen molar-refractivity contribution in [2.24, 2.45) is 7.05 Å². The zero-order valence-corrected chi connectivity index (χ0v) is 13.3. The Balaban J connectivity index is 2.11. The molecule has 19 heavy (non-hydrogen) atoms. The van der Waals surface area contributed by atoms with E-state index in [1.165, 1.54) is 21.7 Å². The maximum atomic E-state index is 4.49. The minimum absolute atomic E-state index is 0.435. The van der Waals surface area contributed by atoms with Gasteiger partial charge in [-0.2, -0.15) is 5.10 Å². The number of rotatable bonds is 5. The van der Waals surface area contributed by atoms with Crippen molar-refractivity contribution in [3.05, 3.63) is 38.8 Å². The van der Waals surface area contributed by atoms with Crippen molar-refractivity contribution < 1.29 is 0 Å². The van der Waals surface area contributed by atoms with Crippen LogP contribution >= 0.6 is 11.3 Å². The molecule has 0 aliphatic carbocycles. The second kappa shape index (κ2) is 5.88. The van der Waals surface area contributed by atoms with Crippen LogP contribution in [0.2, 0.25) is 0 Å². The van der Waals surface area contributed by atoms with Crippen molar-refractivity contribution in [1.82, 2.24) is 15.1 Å². The van der Waals surface area contributed by atoms with Gasteiger partial charge in [0.1, 0.15) is 0 Å². The van der Waals surface area contributed by atoms with E-state index < -0.39 is 0 Å². The normalized spacial score (nSPS) is 12.9. The van der Waals surface area contributed by atoms with E-state index in [0.717, 1.165) is 18.5 Å². The monoisotopic (exact) mass is 277 g/mol. The average molecular weight is 277 g/mol. The molecule has 2 aromatic rings. The topological polar surface area (TPSA) is 29.9 Å². The number of hydrogen-bond acceptors (Lipinski definition) is 3. The molecule has 1 unspecified atom stereocenters. The molecule has 2 heterocycles. The first-order valence-corrected chi connectivity index (χ1v) is 7.63. The standard InChI is InChI=1S/C15H23N3S/c1-10-13(11(2)18(5)17-10)6-7-15(16-4)14-8-9-19-12(14)3/h8-9,15-16H,6-7H2,1-5H3. The van der Waals surface area contributed by atoms with Crippen LogP contribution in [0.5, 0.6) is 0 Å². The molecule has 0 aromatic carbocycles. The van der Waals surface area contributed by atoms with Crippen molar-refractivity contribution in [2.45, 2.75) is 39.7 Å². The molecule has 0 aliphatic heterocycles. The van der Waals surface area contributed by atoms with Gasteiger partial charge in [0.05, 0.1) is 5.69 Å². The Morgan fingerprint density at radius 3 is 2.58 bits per heavy atom. The van der Waals surface area contributed by atoms with Gasteiger partial charge >= 0.3 is 0 Å². The summed E-state index contributed by atoms with van der Waals surface area (Å²) < 4.78 is 1.98. The van der Waals surface area contributed by atoms with E-state index in [1.807, 2.05) is 30.1 Å². The molecule has 0 bridgehead atoms. The van der Waals surface area contributed by atoms with Gasteiger partial charge in [0.25, 0.3) is 0 Å². The summed E-state index contributed by atoms with van der Waals surface area (Å²) in [6.07, 6.45) is 2.19. The fraction of sp³-hybridized carbons (Fsp3) is 0.533. The van der Waals surface area contributed by atoms with Crippen LogP contribution in [0.25, 0.3) is 0 Å². The van der Waals surface area contributed by atoms with E-state index in [4.69, 9.17) is 0 Å². The molecule has 3 nitrogen and oxygen atoms in total. The van der Waals surface area contributed by atoms with Gasteiger partial charge in [-0.15, -0.1) is 11.3 Å². The third kappa shape index (κ3) is 2.90. The first kappa shape index (κ1) is 14.3. The van der Waals surface area contributed by atoms with E-state index in [-0.39, 0.29) is 0 Å². The van der Waals surface area contributed by atoms with Crippen molar-refractivity contribution in [1.29, 1.82) is 0 Å². The Morgan fingerprint density at radius 1 is 1.37 bits per heavy atom. The molecule has 2 aromatic heterocycles. The molecule has 1 atom stereocenters. The van der Waals surface area contributed by atoms with Gasteiger partial charge in [-0.25, -0.2) is 0 Å². The molecule has 0 radical (unpaired) electrons. The van der Waals surface area contributed by atoms with Crippen LogP contribution in [0, 0.1) is 20.8 Å². The highest BCUT2D eigenvalue weighted by molar-refractivity contribution is 7.10. The van der Waals surface area contributed by atoms with Gasteiger partial charge in [-0.05, 0) is 63.2 Å². The molecule has 1 N–H and O–H groups in total. The Hall–Kier alpha value is -1.13. The average Bonchev–Trinajstić information content (AvgIpc) is 2.89. The maximum absolute atomic E-state index is 4.49. The number of nitrogens with one attached hydrogen (secondary N) is 1. The summed E-state index contributed by atoms with van der Waals surface area (Å²) in [6.45, 7) is 6.46. The van der Waals surface area contributed by atoms with E-state index >= 15 is 0 Å². The molecular weight excluding hydrogens is 254 g/mol. The van der Waals surface area contributed by atoms with Crippen molar-refractivity contribution in [3.8, 4) is 0 Å². The first-order chi connectivity index (χ1) is 9.04. The summed E-state index contributed by atoms with van der Waals surface area (Å²) >= 11 is 1.82.